The van der Waals surface area contributed by atoms with Gasteiger partial charge >= 0.3 is 5.97 Å². The first-order valence-corrected chi connectivity index (χ1v) is 5.42. The molecule has 0 saturated heterocycles. The summed E-state index contributed by atoms with van der Waals surface area (Å²) in [6.07, 6.45) is 1.56. The Morgan fingerprint density at radius 3 is 2.65 bits per heavy atom. The second-order valence-electron chi connectivity index (χ2n) is 3.64. The van der Waals surface area contributed by atoms with Crippen LogP contribution in [0.4, 0.5) is 0 Å². The average molecular weight is 239 g/mol. The molecule has 0 saturated carbocycles. The second kappa shape index (κ2) is 6.85. The molecule has 0 bridgehead atoms. The predicted molar refractivity (Wildman–Crippen MR) is 62.2 cm³/mol. The first-order chi connectivity index (χ1) is 8.13. The molecule has 1 rings (SSSR count). The van der Waals surface area contributed by atoms with Crippen LogP contribution in [0.3, 0.4) is 0 Å². The van der Waals surface area contributed by atoms with E-state index in [9.17, 15) is 4.79 Å². The van der Waals surface area contributed by atoms with Crippen molar-refractivity contribution in [2.45, 2.75) is 20.0 Å². The third-order valence-electron chi connectivity index (χ3n) is 1.95. The monoisotopic (exact) mass is 239 g/mol. The van der Waals surface area contributed by atoms with Crippen molar-refractivity contribution < 1.29 is 19.0 Å². The van der Waals surface area contributed by atoms with Gasteiger partial charge in [-0.05, 0) is 19.9 Å². The SMILES string of the molecule is COc1ccc(C(=O)OCCOC(C)C)cn1. The fourth-order valence-corrected chi connectivity index (χ4v) is 1.12. The van der Waals surface area contributed by atoms with Crippen molar-refractivity contribution in [3.05, 3.63) is 23.9 Å². The Hall–Kier alpha value is -1.62. The van der Waals surface area contributed by atoms with Gasteiger partial charge in [0.25, 0.3) is 0 Å². The maximum atomic E-state index is 11.5. The normalized spacial score (nSPS) is 10.4. The summed E-state index contributed by atoms with van der Waals surface area (Å²) in [5.41, 5.74) is 0.398. The van der Waals surface area contributed by atoms with E-state index in [-0.39, 0.29) is 12.7 Å². The molecule has 0 N–H and O–H groups in total. The van der Waals surface area contributed by atoms with E-state index < -0.39 is 5.97 Å². The van der Waals surface area contributed by atoms with Crippen molar-refractivity contribution in [3.8, 4) is 5.88 Å². The minimum absolute atomic E-state index is 0.136. The molecule has 0 aliphatic rings. The van der Waals surface area contributed by atoms with Gasteiger partial charge in [-0.25, -0.2) is 9.78 Å². The lowest BCUT2D eigenvalue weighted by Gasteiger charge is -2.08. The van der Waals surface area contributed by atoms with Crippen LogP contribution >= 0.6 is 0 Å². The highest BCUT2D eigenvalue weighted by atomic mass is 16.6. The minimum atomic E-state index is -0.410. The molecule has 0 spiro atoms. The number of ether oxygens (including phenoxy) is 3. The van der Waals surface area contributed by atoms with E-state index in [4.69, 9.17) is 14.2 Å². The Balaban J connectivity index is 2.36. The Morgan fingerprint density at radius 2 is 2.12 bits per heavy atom. The van der Waals surface area contributed by atoms with E-state index in [2.05, 4.69) is 4.98 Å². The predicted octanol–water partition coefficient (Wildman–Crippen LogP) is 1.67. The summed E-state index contributed by atoms with van der Waals surface area (Å²) in [6, 6.07) is 3.22. The number of esters is 1. The summed E-state index contributed by atoms with van der Waals surface area (Å²) in [7, 11) is 1.52. The van der Waals surface area contributed by atoms with Gasteiger partial charge in [0.2, 0.25) is 5.88 Å². The second-order valence-corrected chi connectivity index (χ2v) is 3.64. The number of hydrogen-bond acceptors (Lipinski definition) is 5. The first-order valence-electron chi connectivity index (χ1n) is 5.42. The Labute approximate surface area is 101 Å². The topological polar surface area (TPSA) is 57.7 Å². The van der Waals surface area contributed by atoms with Crippen LogP contribution in [0.5, 0.6) is 5.88 Å². The van der Waals surface area contributed by atoms with Crippen molar-refractivity contribution in [2.75, 3.05) is 20.3 Å². The van der Waals surface area contributed by atoms with Crippen molar-refractivity contribution in [3.63, 3.8) is 0 Å². The fourth-order valence-electron chi connectivity index (χ4n) is 1.12. The van der Waals surface area contributed by atoms with Crippen molar-refractivity contribution in [1.82, 2.24) is 4.98 Å². The summed E-state index contributed by atoms with van der Waals surface area (Å²) in [6.45, 7) is 4.49. The largest absolute Gasteiger partial charge is 0.481 e. The maximum absolute atomic E-state index is 11.5. The highest BCUT2D eigenvalue weighted by Crippen LogP contribution is 2.07. The number of nitrogens with zero attached hydrogens (tertiary/aromatic N) is 1. The molecule has 0 aliphatic carbocycles. The lowest BCUT2D eigenvalue weighted by Crippen LogP contribution is -2.13. The molecule has 5 nitrogen and oxygen atoms in total. The molecule has 5 heteroatoms. The zero-order valence-corrected chi connectivity index (χ0v) is 10.3. The van der Waals surface area contributed by atoms with Gasteiger partial charge in [-0.1, -0.05) is 0 Å². The highest BCUT2D eigenvalue weighted by Gasteiger charge is 2.07. The Bertz CT molecular complexity index is 348. The van der Waals surface area contributed by atoms with Crippen LogP contribution in [0.2, 0.25) is 0 Å². The molecular formula is C12H17NO4. The molecule has 0 aliphatic heterocycles. The number of aromatic nitrogens is 1. The van der Waals surface area contributed by atoms with Crippen molar-refractivity contribution >= 4 is 5.97 Å². The van der Waals surface area contributed by atoms with Crippen molar-refractivity contribution in [2.24, 2.45) is 0 Å². The van der Waals surface area contributed by atoms with Crippen molar-refractivity contribution in [1.29, 1.82) is 0 Å². The van der Waals surface area contributed by atoms with Gasteiger partial charge in [-0.15, -0.1) is 0 Å². The zero-order valence-electron chi connectivity index (χ0n) is 10.3. The lowest BCUT2D eigenvalue weighted by molar-refractivity contribution is 0.0176. The summed E-state index contributed by atoms with van der Waals surface area (Å²) in [4.78, 5) is 15.5. The molecule has 1 heterocycles. The average Bonchev–Trinajstić information content (AvgIpc) is 2.34. The van der Waals surface area contributed by atoms with E-state index in [1.54, 1.807) is 12.1 Å². The van der Waals surface area contributed by atoms with Crippen LogP contribution in [0.25, 0.3) is 0 Å². The molecule has 1 aromatic heterocycles. The third-order valence-corrected chi connectivity index (χ3v) is 1.95. The molecule has 0 amide bonds. The van der Waals surface area contributed by atoms with Gasteiger partial charge in [0.1, 0.15) is 6.61 Å². The Kier molecular flexibility index (Phi) is 5.42. The van der Waals surface area contributed by atoms with Crippen LogP contribution in [0, 0.1) is 0 Å². The summed E-state index contributed by atoms with van der Waals surface area (Å²) >= 11 is 0. The molecule has 94 valence electrons. The smallest absolute Gasteiger partial charge is 0.339 e. The highest BCUT2D eigenvalue weighted by molar-refractivity contribution is 5.89. The van der Waals surface area contributed by atoms with Crippen LogP contribution in [0.1, 0.15) is 24.2 Å². The number of rotatable bonds is 6. The summed E-state index contributed by atoms with van der Waals surface area (Å²) in [5, 5.41) is 0. The molecule has 0 unspecified atom stereocenters. The molecule has 0 fully saturated rings. The Morgan fingerprint density at radius 1 is 1.35 bits per heavy atom. The van der Waals surface area contributed by atoms with Gasteiger partial charge < -0.3 is 14.2 Å². The molecule has 0 radical (unpaired) electrons. The standard InChI is InChI=1S/C12H17NO4/c1-9(2)16-6-7-17-12(14)10-4-5-11(15-3)13-8-10/h4-5,8-9H,6-7H2,1-3H3. The zero-order chi connectivity index (χ0) is 12.7. The van der Waals surface area contributed by atoms with Gasteiger partial charge in [0.05, 0.1) is 25.4 Å². The molecule has 0 aromatic carbocycles. The maximum Gasteiger partial charge on any atom is 0.339 e. The van der Waals surface area contributed by atoms with Gasteiger partial charge in [0.15, 0.2) is 0 Å². The van der Waals surface area contributed by atoms with Crippen LogP contribution in [0.15, 0.2) is 18.3 Å². The van der Waals surface area contributed by atoms with Crippen LogP contribution < -0.4 is 4.74 Å². The van der Waals surface area contributed by atoms with Gasteiger partial charge in [0, 0.05) is 12.3 Å². The number of pyridine rings is 1. The van der Waals surface area contributed by atoms with E-state index >= 15 is 0 Å². The molecular weight excluding hydrogens is 222 g/mol. The quantitative estimate of drug-likeness (QED) is 0.558. The van der Waals surface area contributed by atoms with Crippen LogP contribution in [-0.2, 0) is 9.47 Å². The number of methoxy groups -OCH3 is 1. The minimum Gasteiger partial charge on any atom is -0.481 e. The number of carbonyl (C=O) groups is 1. The first kappa shape index (κ1) is 13.4. The third kappa shape index (κ3) is 4.82. The van der Waals surface area contributed by atoms with Gasteiger partial charge in [-0.2, -0.15) is 0 Å². The molecule has 1 aromatic rings. The van der Waals surface area contributed by atoms with E-state index in [1.165, 1.54) is 13.3 Å². The van der Waals surface area contributed by atoms with E-state index in [1.807, 2.05) is 13.8 Å². The molecule has 17 heavy (non-hydrogen) atoms. The summed E-state index contributed by atoms with van der Waals surface area (Å²) < 4.78 is 15.1. The van der Waals surface area contributed by atoms with Crippen LogP contribution in [-0.4, -0.2) is 37.4 Å². The van der Waals surface area contributed by atoms with Gasteiger partial charge in [-0.3, -0.25) is 0 Å². The molecule has 0 atom stereocenters. The lowest BCUT2D eigenvalue weighted by atomic mass is 10.3. The van der Waals surface area contributed by atoms with E-state index in [0.29, 0.717) is 18.1 Å². The fraction of sp³-hybridized carbons (Fsp3) is 0.500. The number of hydrogen-bond donors (Lipinski definition) is 0. The summed E-state index contributed by atoms with van der Waals surface area (Å²) in [5.74, 6) is 0.0530. The van der Waals surface area contributed by atoms with E-state index in [0.717, 1.165) is 0 Å². The number of carbonyl (C=O) groups excluding carboxylic acids is 1.